The molecule has 0 aliphatic heterocycles. The Kier molecular flexibility index (Phi) is 7.86. The lowest BCUT2D eigenvalue weighted by molar-refractivity contribution is 1.07. The maximum atomic E-state index is 4.96. The summed E-state index contributed by atoms with van der Waals surface area (Å²) < 4.78 is 2.36. The van der Waals surface area contributed by atoms with Gasteiger partial charge in [-0.25, -0.2) is 15.0 Å². The number of hydrogen-bond donors (Lipinski definition) is 0. The summed E-state index contributed by atoms with van der Waals surface area (Å²) in [6.45, 7) is 4.26. The Morgan fingerprint density at radius 2 is 0.865 bits per heavy atom. The third-order valence-electron chi connectivity index (χ3n) is 9.58. The van der Waals surface area contributed by atoms with E-state index in [0.29, 0.717) is 17.5 Å². The van der Waals surface area contributed by atoms with Gasteiger partial charge in [0.1, 0.15) is 0 Å². The summed E-state index contributed by atoms with van der Waals surface area (Å²) in [7, 11) is 0. The number of rotatable bonds is 7. The number of anilines is 3. The van der Waals surface area contributed by atoms with Gasteiger partial charge in [-0.15, -0.1) is 0 Å². The summed E-state index contributed by atoms with van der Waals surface area (Å²) in [5.74, 6) is 1.93. The van der Waals surface area contributed by atoms with Gasteiger partial charge in [0.05, 0.1) is 16.7 Å². The molecule has 5 nitrogen and oxygen atoms in total. The number of fused-ring (bicyclic) bond motifs is 3. The minimum absolute atomic E-state index is 0.635. The number of hydrogen-bond acceptors (Lipinski definition) is 4. The first-order valence-corrected chi connectivity index (χ1v) is 17.5. The van der Waals surface area contributed by atoms with Crippen LogP contribution < -0.4 is 4.90 Å². The molecule has 2 heterocycles. The van der Waals surface area contributed by atoms with Gasteiger partial charge in [0.25, 0.3) is 0 Å². The molecule has 2 aromatic heterocycles. The van der Waals surface area contributed by atoms with E-state index in [1.807, 2.05) is 60.7 Å². The summed E-state index contributed by atoms with van der Waals surface area (Å²) in [4.78, 5) is 17.2. The Morgan fingerprint density at radius 1 is 0.404 bits per heavy atom. The lowest BCUT2D eigenvalue weighted by Crippen LogP contribution is -2.10. The Balaban J connectivity index is 1.19. The van der Waals surface area contributed by atoms with Gasteiger partial charge in [0.2, 0.25) is 0 Å². The number of nitrogens with zero attached hydrogens (tertiary/aromatic N) is 5. The molecule has 9 aromatic rings. The van der Waals surface area contributed by atoms with E-state index >= 15 is 0 Å². The van der Waals surface area contributed by atoms with Gasteiger partial charge in [-0.05, 0) is 80.6 Å². The van der Waals surface area contributed by atoms with Gasteiger partial charge in [-0.3, -0.25) is 0 Å². The molecule has 0 radical (unpaired) electrons. The fraction of sp³-hybridized carbons (Fsp3) is 0.0426. The van der Waals surface area contributed by atoms with E-state index in [0.717, 1.165) is 50.5 Å². The minimum Gasteiger partial charge on any atom is -0.310 e. The molecule has 0 aliphatic rings. The molecule has 0 atom stereocenters. The molecule has 7 aromatic carbocycles. The molecule has 9 rings (SSSR count). The molecule has 5 heteroatoms. The fourth-order valence-electron chi connectivity index (χ4n) is 6.98. The van der Waals surface area contributed by atoms with E-state index in [1.165, 1.54) is 21.9 Å². The number of para-hydroxylation sites is 1. The average Bonchev–Trinajstić information content (AvgIpc) is 3.55. The van der Waals surface area contributed by atoms with E-state index in [9.17, 15) is 0 Å². The normalized spacial score (nSPS) is 11.3. The zero-order valence-corrected chi connectivity index (χ0v) is 29.0. The Morgan fingerprint density at radius 3 is 1.40 bits per heavy atom. The van der Waals surface area contributed by atoms with Crippen molar-refractivity contribution in [2.24, 2.45) is 0 Å². The van der Waals surface area contributed by atoms with Crippen LogP contribution in [0.1, 0.15) is 11.1 Å². The van der Waals surface area contributed by atoms with Crippen LogP contribution in [-0.2, 0) is 0 Å². The van der Waals surface area contributed by atoms with Crippen LogP contribution in [0.3, 0.4) is 0 Å². The van der Waals surface area contributed by atoms with Crippen molar-refractivity contribution >= 4 is 38.9 Å². The summed E-state index contributed by atoms with van der Waals surface area (Å²) >= 11 is 0. The van der Waals surface area contributed by atoms with Crippen molar-refractivity contribution in [3.63, 3.8) is 0 Å². The zero-order chi connectivity index (χ0) is 35.0. The second-order valence-electron chi connectivity index (χ2n) is 13.1. The van der Waals surface area contributed by atoms with Gasteiger partial charge in [0.15, 0.2) is 17.5 Å². The van der Waals surface area contributed by atoms with Crippen LogP contribution in [0.15, 0.2) is 176 Å². The fourth-order valence-corrected chi connectivity index (χ4v) is 6.98. The smallest absolute Gasteiger partial charge is 0.164 e. The second-order valence-corrected chi connectivity index (χ2v) is 13.1. The summed E-state index contributed by atoms with van der Waals surface area (Å²) in [5, 5.41) is 2.39. The molecule has 0 bridgehead atoms. The van der Waals surface area contributed by atoms with Crippen LogP contribution in [-0.4, -0.2) is 19.5 Å². The second kappa shape index (κ2) is 13.1. The van der Waals surface area contributed by atoms with Gasteiger partial charge >= 0.3 is 0 Å². The van der Waals surface area contributed by atoms with Crippen molar-refractivity contribution in [1.29, 1.82) is 0 Å². The topological polar surface area (TPSA) is 46.8 Å². The van der Waals surface area contributed by atoms with Gasteiger partial charge in [0, 0.05) is 44.5 Å². The molecular formula is C47H35N5. The highest BCUT2D eigenvalue weighted by Gasteiger charge is 2.21. The van der Waals surface area contributed by atoms with Crippen LogP contribution in [0.4, 0.5) is 17.1 Å². The van der Waals surface area contributed by atoms with Crippen LogP contribution in [0, 0.1) is 13.8 Å². The lowest BCUT2D eigenvalue weighted by Gasteiger charge is -2.26. The monoisotopic (exact) mass is 669 g/mol. The summed E-state index contributed by atoms with van der Waals surface area (Å²) in [6, 6.07) is 61.6. The van der Waals surface area contributed by atoms with Crippen LogP contribution >= 0.6 is 0 Å². The Labute approximate surface area is 303 Å². The molecule has 0 fully saturated rings. The highest BCUT2D eigenvalue weighted by Crippen LogP contribution is 2.44. The quantitative estimate of drug-likeness (QED) is 0.169. The standard InChI is InChI=1S/C47H35N5/c1-32-20-26-37(27-21-32)51(38-28-22-33(2)23-29-38)42-18-11-19-43-44(42)40-16-9-10-17-41(40)52(43)39-30-24-36(25-31-39)47-49-45(34-12-5-3-6-13-34)48-46(50-47)35-14-7-4-8-15-35/h3-31H,1-2H3. The molecule has 0 saturated carbocycles. The first kappa shape index (κ1) is 31.2. The molecule has 0 unspecified atom stereocenters. The van der Waals surface area contributed by atoms with Crippen LogP contribution in [0.2, 0.25) is 0 Å². The molecule has 0 N–H and O–H groups in total. The van der Waals surface area contributed by atoms with Gasteiger partial charge < -0.3 is 9.47 Å². The van der Waals surface area contributed by atoms with E-state index < -0.39 is 0 Å². The third-order valence-corrected chi connectivity index (χ3v) is 9.58. The molecule has 0 aliphatic carbocycles. The largest absolute Gasteiger partial charge is 0.310 e. The van der Waals surface area contributed by atoms with Crippen molar-refractivity contribution in [2.75, 3.05) is 4.90 Å². The van der Waals surface area contributed by atoms with Crippen LogP contribution in [0.5, 0.6) is 0 Å². The maximum Gasteiger partial charge on any atom is 0.164 e. The first-order chi connectivity index (χ1) is 25.6. The van der Waals surface area contributed by atoms with Crippen molar-refractivity contribution in [2.45, 2.75) is 13.8 Å². The zero-order valence-electron chi connectivity index (χ0n) is 29.0. The van der Waals surface area contributed by atoms with Gasteiger partial charge in [-0.1, -0.05) is 120 Å². The Hall–Kier alpha value is -6.85. The molecule has 0 saturated heterocycles. The maximum absolute atomic E-state index is 4.96. The highest BCUT2D eigenvalue weighted by atomic mass is 15.1. The van der Waals surface area contributed by atoms with Crippen LogP contribution in [0.25, 0.3) is 61.7 Å². The van der Waals surface area contributed by atoms with E-state index in [2.05, 4.69) is 139 Å². The van der Waals surface area contributed by atoms with E-state index in [1.54, 1.807) is 0 Å². The SMILES string of the molecule is Cc1ccc(N(c2ccc(C)cc2)c2cccc3c2c2ccccc2n3-c2ccc(-c3nc(-c4ccccc4)nc(-c4ccccc4)n3)cc2)cc1. The van der Waals surface area contributed by atoms with Gasteiger partial charge in [-0.2, -0.15) is 0 Å². The number of aryl methyl sites for hydroxylation is 2. The highest BCUT2D eigenvalue weighted by molar-refractivity contribution is 6.16. The molecule has 0 spiro atoms. The Bertz CT molecular complexity index is 2560. The predicted molar refractivity (Wildman–Crippen MR) is 215 cm³/mol. The third kappa shape index (κ3) is 5.68. The van der Waals surface area contributed by atoms with Crippen molar-refractivity contribution < 1.29 is 0 Å². The average molecular weight is 670 g/mol. The minimum atomic E-state index is 0.635. The summed E-state index contributed by atoms with van der Waals surface area (Å²) in [6.07, 6.45) is 0. The van der Waals surface area contributed by atoms with Crippen molar-refractivity contribution in [3.8, 4) is 39.9 Å². The predicted octanol–water partition coefficient (Wildman–Crippen LogP) is 12.1. The van der Waals surface area contributed by atoms with Crippen molar-refractivity contribution in [3.05, 3.63) is 187 Å². The molecular weight excluding hydrogens is 635 g/mol. The molecule has 248 valence electrons. The molecule has 52 heavy (non-hydrogen) atoms. The first-order valence-electron chi connectivity index (χ1n) is 17.5. The number of benzene rings is 7. The van der Waals surface area contributed by atoms with Crippen molar-refractivity contribution in [1.82, 2.24) is 19.5 Å². The van der Waals surface area contributed by atoms with E-state index in [4.69, 9.17) is 15.0 Å². The lowest BCUT2D eigenvalue weighted by atomic mass is 10.1. The number of aromatic nitrogens is 4. The van der Waals surface area contributed by atoms with E-state index in [-0.39, 0.29) is 0 Å². The summed E-state index contributed by atoms with van der Waals surface area (Å²) in [5.41, 5.74) is 12.0. The molecule has 0 amide bonds.